The highest BCUT2D eigenvalue weighted by atomic mass is 35.5. The van der Waals surface area contributed by atoms with E-state index in [1.807, 2.05) is 31.2 Å². The van der Waals surface area contributed by atoms with Crippen LogP contribution in [0.25, 0.3) is 0 Å². The first kappa shape index (κ1) is 10.5. The second kappa shape index (κ2) is 4.58. The summed E-state index contributed by atoms with van der Waals surface area (Å²) in [5, 5.41) is 0. The molecule has 13 heavy (non-hydrogen) atoms. The topological polar surface area (TPSA) is 17.1 Å². The third kappa shape index (κ3) is 2.68. The molecule has 0 amide bonds. The smallest absolute Gasteiger partial charge is 0.105 e. The fourth-order valence-corrected chi connectivity index (χ4v) is 1.97. The molecule has 0 spiro atoms. The first-order valence-corrected chi connectivity index (χ1v) is 5.48. The Morgan fingerprint density at radius 3 is 2.38 bits per heavy atom. The lowest BCUT2D eigenvalue weighted by Gasteiger charge is -1.99. The van der Waals surface area contributed by atoms with Crippen molar-refractivity contribution < 1.29 is 4.21 Å². The van der Waals surface area contributed by atoms with Crippen molar-refractivity contribution in [2.75, 3.05) is 0 Å². The van der Waals surface area contributed by atoms with Crippen molar-refractivity contribution in [1.29, 1.82) is 0 Å². The van der Waals surface area contributed by atoms with Gasteiger partial charge in [0.2, 0.25) is 0 Å². The number of rotatable bonds is 2. The molecule has 1 nitrogen and oxygen atoms in total. The first-order valence-electron chi connectivity index (χ1n) is 3.95. The van der Waals surface area contributed by atoms with E-state index in [1.165, 1.54) is 0 Å². The van der Waals surface area contributed by atoms with E-state index in [9.17, 15) is 4.21 Å². The first-order chi connectivity index (χ1) is 6.15. The summed E-state index contributed by atoms with van der Waals surface area (Å²) in [6, 6.07) is 7.51. The Hall–Kier alpha value is -0.600. The Morgan fingerprint density at radius 1 is 1.38 bits per heavy atom. The van der Waals surface area contributed by atoms with Crippen LogP contribution in [0.15, 0.2) is 39.6 Å². The number of allylic oxidation sites excluding steroid dienone is 1. The van der Waals surface area contributed by atoms with Crippen molar-refractivity contribution in [3.05, 3.63) is 40.3 Å². The van der Waals surface area contributed by atoms with Gasteiger partial charge in [0.05, 0.1) is 10.8 Å². The predicted octanol–water partition coefficient (Wildman–Crippen LogP) is 3.20. The molecule has 1 aromatic carbocycles. The van der Waals surface area contributed by atoms with Crippen molar-refractivity contribution in [2.24, 2.45) is 0 Å². The van der Waals surface area contributed by atoms with Crippen molar-refractivity contribution in [3.63, 3.8) is 0 Å². The monoisotopic (exact) mass is 214 g/mol. The molecule has 1 aromatic rings. The standard InChI is InChI=1S/C10H11ClOS/c1-3-10(11)13(12)9-6-4-8(2)5-7-9/h3-7H,1-2H3/b10-3+. The van der Waals surface area contributed by atoms with Crippen LogP contribution in [0.2, 0.25) is 0 Å². The maximum absolute atomic E-state index is 11.6. The van der Waals surface area contributed by atoms with Gasteiger partial charge in [0.15, 0.2) is 0 Å². The van der Waals surface area contributed by atoms with Crippen LogP contribution in [0.1, 0.15) is 12.5 Å². The summed E-state index contributed by atoms with van der Waals surface area (Å²) in [4.78, 5) is 0.744. The van der Waals surface area contributed by atoms with E-state index in [-0.39, 0.29) is 0 Å². The molecule has 1 atom stereocenters. The molecule has 0 N–H and O–H groups in total. The minimum atomic E-state index is -1.21. The molecule has 0 aliphatic carbocycles. The zero-order chi connectivity index (χ0) is 9.84. The molecule has 0 aliphatic rings. The van der Waals surface area contributed by atoms with E-state index < -0.39 is 10.8 Å². The normalized spacial score (nSPS) is 14.2. The molecule has 0 saturated carbocycles. The van der Waals surface area contributed by atoms with Gasteiger partial charge in [-0.15, -0.1) is 0 Å². The van der Waals surface area contributed by atoms with E-state index in [4.69, 9.17) is 11.6 Å². The summed E-state index contributed by atoms with van der Waals surface area (Å²) >= 11 is 5.75. The zero-order valence-corrected chi connectivity index (χ0v) is 9.15. The van der Waals surface area contributed by atoms with Gasteiger partial charge in [-0.05, 0) is 26.0 Å². The molecule has 0 bridgehead atoms. The summed E-state index contributed by atoms with van der Waals surface area (Å²) in [5.41, 5.74) is 1.15. The fraction of sp³-hybridized carbons (Fsp3) is 0.200. The largest absolute Gasteiger partial charge is 0.248 e. The lowest BCUT2D eigenvalue weighted by molar-refractivity contribution is 0.688. The second-order valence-corrected chi connectivity index (χ2v) is 4.75. The van der Waals surface area contributed by atoms with Crippen molar-refractivity contribution in [2.45, 2.75) is 18.7 Å². The maximum atomic E-state index is 11.6. The Bertz CT molecular complexity index is 340. The molecule has 0 heterocycles. The average Bonchev–Trinajstić information content (AvgIpc) is 2.17. The van der Waals surface area contributed by atoms with Gasteiger partial charge >= 0.3 is 0 Å². The molecule has 0 aromatic heterocycles. The molecule has 0 radical (unpaired) electrons. The number of hydrogen-bond acceptors (Lipinski definition) is 1. The molecule has 0 aliphatic heterocycles. The van der Waals surface area contributed by atoms with Gasteiger partial charge in [-0.3, -0.25) is 0 Å². The maximum Gasteiger partial charge on any atom is 0.105 e. The summed E-state index contributed by atoms with van der Waals surface area (Å²) in [6.07, 6.45) is 1.65. The van der Waals surface area contributed by atoms with E-state index in [2.05, 4.69) is 0 Å². The highest BCUT2D eigenvalue weighted by molar-refractivity contribution is 7.90. The van der Waals surface area contributed by atoms with Crippen LogP contribution in [0.4, 0.5) is 0 Å². The highest BCUT2D eigenvalue weighted by Gasteiger charge is 2.05. The van der Waals surface area contributed by atoms with Crippen molar-refractivity contribution >= 4 is 22.4 Å². The van der Waals surface area contributed by atoms with Gasteiger partial charge in [0, 0.05) is 4.90 Å². The van der Waals surface area contributed by atoms with Gasteiger partial charge in [0.25, 0.3) is 0 Å². The molecule has 1 rings (SSSR count). The van der Waals surface area contributed by atoms with Crippen LogP contribution in [0.5, 0.6) is 0 Å². The van der Waals surface area contributed by atoms with Gasteiger partial charge in [-0.1, -0.05) is 35.4 Å². The van der Waals surface area contributed by atoms with Crippen molar-refractivity contribution in [1.82, 2.24) is 0 Å². The predicted molar refractivity (Wildman–Crippen MR) is 57.2 cm³/mol. The number of benzene rings is 1. The minimum Gasteiger partial charge on any atom is -0.248 e. The van der Waals surface area contributed by atoms with Gasteiger partial charge < -0.3 is 0 Å². The highest BCUT2D eigenvalue weighted by Crippen LogP contribution is 2.17. The Morgan fingerprint density at radius 2 is 1.92 bits per heavy atom. The van der Waals surface area contributed by atoms with Crippen LogP contribution in [-0.4, -0.2) is 4.21 Å². The lowest BCUT2D eigenvalue weighted by Crippen LogP contribution is -1.90. The van der Waals surface area contributed by atoms with Gasteiger partial charge in [-0.2, -0.15) is 0 Å². The average molecular weight is 215 g/mol. The molecular weight excluding hydrogens is 204 g/mol. The summed E-state index contributed by atoms with van der Waals surface area (Å²) in [7, 11) is -1.21. The minimum absolute atomic E-state index is 0.379. The molecule has 3 heteroatoms. The molecule has 0 fully saturated rings. The van der Waals surface area contributed by atoms with E-state index >= 15 is 0 Å². The van der Waals surface area contributed by atoms with Crippen LogP contribution < -0.4 is 0 Å². The molecule has 1 unspecified atom stereocenters. The van der Waals surface area contributed by atoms with Crippen LogP contribution in [-0.2, 0) is 10.8 Å². The van der Waals surface area contributed by atoms with Crippen LogP contribution in [0, 0.1) is 6.92 Å². The van der Waals surface area contributed by atoms with Crippen LogP contribution >= 0.6 is 11.6 Å². The van der Waals surface area contributed by atoms with E-state index in [0.29, 0.717) is 4.36 Å². The molecule has 70 valence electrons. The van der Waals surface area contributed by atoms with E-state index in [1.54, 1.807) is 13.0 Å². The number of halogens is 1. The Balaban J connectivity index is 2.97. The van der Waals surface area contributed by atoms with Gasteiger partial charge in [0.1, 0.15) is 4.36 Å². The third-order valence-electron chi connectivity index (χ3n) is 1.64. The lowest BCUT2D eigenvalue weighted by atomic mass is 10.2. The summed E-state index contributed by atoms with van der Waals surface area (Å²) < 4.78 is 12.0. The summed E-state index contributed by atoms with van der Waals surface area (Å²) in [5.74, 6) is 0. The molecule has 0 saturated heterocycles. The van der Waals surface area contributed by atoms with Gasteiger partial charge in [-0.25, -0.2) is 4.21 Å². The van der Waals surface area contributed by atoms with Crippen LogP contribution in [0.3, 0.4) is 0 Å². The zero-order valence-electron chi connectivity index (χ0n) is 7.58. The third-order valence-corrected chi connectivity index (χ3v) is 3.57. The Kier molecular flexibility index (Phi) is 3.70. The van der Waals surface area contributed by atoms with E-state index in [0.717, 1.165) is 10.5 Å². The van der Waals surface area contributed by atoms with Crippen molar-refractivity contribution in [3.8, 4) is 0 Å². The molecular formula is C10H11ClOS. The number of aryl methyl sites for hydroxylation is 1. The SMILES string of the molecule is C/C=C(\Cl)S(=O)c1ccc(C)cc1. The summed E-state index contributed by atoms with van der Waals surface area (Å²) in [6.45, 7) is 3.76. The Labute approximate surface area is 85.9 Å². The second-order valence-electron chi connectivity index (χ2n) is 2.67. The number of hydrogen-bond donors (Lipinski definition) is 0. The quantitative estimate of drug-likeness (QED) is 0.739. The fourth-order valence-electron chi connectivity index (χ4n) is 0.881.